The summed E-state index contributed by atoms with van der Waals surface area (Å²) in [4.78, 5) is 35.0. The summed E-state index contributed by atoms with van der Waals surface area (Å²) in [5, 5.41) is 0. The van der Waals surface area contributed by atoms with Crippen molar-refractivity contribution >= 4 is 11.4 Å². The lowest BCUT2D eigenvalue weighted by molar-refractivity contribution is 1.24. The van der Waals surface area contributed by atoms with Crippen LogP contribution in [0.25, 0.3) is 22.3 Å². The van der Waals surface area contributed by atoms with Crippen LogP contribution in [0.4, 0.5) is 11.4 Å². The summed E-state index contributed by atoms with van der Waals surface area (Å²) in [7, 11) is 0. The predicted octanol–water partition coefficient (Wildman–Crippen LogP) is 2.04. The van der Waals surface area contributed by atoms with Crippen molar-refractivity contribution in [3.8, 4) is 22.3 Å². The molecule has 8 nitrogen and oxygen atoms in total. The summed E-state index contributed by atoms with van der Waals surface area (Å²) in [5.41, 5.74) is 14.6. The molecule has 0 aromatic carbocycles. The van der Waals surface area contributed by atoms with Crippen LogP contribution in [0.1, 0.15) is 0 Å². The third-order valence-electron chi connectivity index (χ3n) is 3.89. The number of aromatic amines is 2. The molecule has 4 aromatic heterocycles. The van der Waals surface area contributed by atoms with Crippen molar-refractivity contribution in [1.29, 1.82) is 0 Å². The first-order chi connectivity index (χ1) is 13.5. The van der Waals surface area contributed by atoms with Gasteiger partial charge in [-0.05, 0) is 47.5 Å². The minimum Gasteiger partial charge on any atom is -0.394 e. The highest BCUT2D eigenvalue weighted by Gasteiger charge is 2.00. The Morgan fingerprint density at radius 1 is 0.607 bits per heavy atom. The van der Waals surface area contributed by atoms with Crippen molar-refractivity contribution in [2.75, 3.05) is 11.5 Å². The monoisotopic (exact) mass is 374 g/mol. The molecule has 0 saturated heterocycles. The first-order valence-corrected chi connectivity index (χ1v) is 8.32. The molecule has 0 fully saturated rings. The smallest absolute Gasteiger partial charge is 0.271 e. The third-order valence-corrected chi connectivity index (χ3v) is 3.89. The van der Waals surface area contributed by atoms with E-state index in [-0.39, 0.29) is 22.5 Å². The van der Waals surface area contributed by atoms with Crippen molar-refractivity contribution in [3.63, 3.8) is 0 Å². The van der Waals surface area contributed by atoms with E-state index in [0.29, 0.717) is 0 Å². The molecule has 0 amide bonds. The summed E-state index contributed by atoms with van der Waals surface area (Å²) < 4.78 is 0. The van der Waals surface area contributed by atoms with Gasteiger partial charge in [0.05, 0.1) is 11.4 Å². The van der Waals surface area contributed by atoms with Crippen molar-refractivity contribution < 1.29 is 0 Å². The second-order valence-corrected chi connectivity index (χ2v) is 5.82. The molecule has 4 rings (SSSR count). The molecule has 28 heavy (non-hydrogen) atoms. The predicted molar refractivity (Wildman–Crippen MR) is 109 cm³/mol. The molecule has 0 unspecified atom stereocenters. The largest absolute Gasteiger partial charge is 0.394 e. The molecule has 0 radical (unpaired) electrons. The second kappa shape index (κ2) is 8.45. The number of hydrogen-bond donors (Lipinski definition) is 4. The van der Waals surface area contributed by atoms with Gasteiger partial charge in [-0.15, -0.1) is 0 Å². The molecule has 4 heterocycles. The van der Waals surface area contributed by atoms with Gasteiger partial charge in [-0.1, -0.05) is 0 Å². The van der Waals surface area contributed by atoms with Gasteiger partial charge in [0.25, 0.3) is 11.1 Å². The molecular weight excluding hydrogens is 356 g/mol. The fourth-order valence-corrected chi connectivity index (χ4v) is 2.42. The maximum absolute atomic E-state index is 11.0. The van der Waals surface area contributed by atoms with Crippen LogP contribution in [0.2, 0.25) is 0 Å². The maximum atomic E-state index is 11.0. The Hall–Kier alpha value is -4.20. The zero-order valence-electron chi connectivity index (χ0n) is 14.8. The lowest BCUT2D eigenvalue weighted by Crippen LogP contribution is -2.10. The van der Waals surface area contributed by atoms with Crippen LogP contribution in [0.3, 0.4) is 0 Å². The average Bonchev–Trinajstić information content (AvgIpc) is 2.74. The Morgan fingerprint density at radius 2 is 0.964 bits per heavy atom. The van der Waals surface area contributed by atoms with Gasteiger partial charge in [0.15, 0.2) is 0 Å². The quantitative estimate of drug-likeness (QED) is 0.423. The summed E-state index contributed by atoms with van der Waals surface area (Å²) in [6.45, 7) is 0. The minimum atomic E-state index is -0.261. The molecule has 0 bridgehead atoms. The van der Waals surface area contributed by atoms with Crippen LogP contribution in [0, 0.1) is 0 Å². The second-order valence-electron chi connectivity index (χ2n) is 5.82. The fourth-order valence-electron chi connectivity index (χ4n) is 2.42. The van der Waals surface area contributed by atoms with Gasteiger partial charge in [0, 0.05) is 48.3 Å². The number of nitrogens with two attached hydrogens (primary N) is 2. The van der Waals surface area contributed by atoms with E-state index in [1.54, 1.807) is 49.3 Å². The van der Waals surface area contributed by atoms with E-state index >= 15 is 0 Å². The number of hydrogen-bond acceptors (Lipinski definition) is 6. The van der Waals surface area contributed by atoms with Crippen LogP contribution in [-0.4, -0.2) is 19.9 Å². The van der Waals surface area contributed by atoms with Crippen LogP contribution in [0.15, 0.2) is 83.2 Å². The third kappa shape index (κ3) is 4.50. The van der Waals surface area contributed by atoms with Gasteiger partial charge < -0.3 is 21.4 Å². The highest BCUT2D eigenvalue weighted by molar-refractivity contribution is 5.65. The molecule has 4 aromatic rings. The van der Waals surface area contributed by atoms with E-state index in [1.807, 2.05) is 24.3 Å². The number of nitrogen functional groups attached to an aromatic ring is 2. The Bertz CT molecular complexity index is 1080. The molecular formula is C20H18N6O2. The van der Waals surface area contributed by atoms with Gasteiger partial charge in [-0.2, -0.15) is 0 Å². The molecule has 6 N–H and O–H groups in total. The van der Waals surface area contributed by atoms with Gasteiger partial charge in [-0.3, -0.25) is 19.6 Å². The van der Waals surface area contributed by atoms with E-state index in [2.05, 4.69) is 19.9 Å². The number of H-pyrrole nitrogens is 2. The summed E-state index contributed by atoms with van der Waals surface area (Å²) >= 11 is 0. The summed E-state index contributed by atoms with van der Waals surface area (Å²) in [6.07, 6.45) is 10.0. The number of pyridine rings is 4. The molecule has 0 aliphatic heterocycles. The molecule has 0 aliphatic carbocycles. The van der Waals surface area contributed by atoms with E-state index < -0.39 is 0 Å². The van der Waals surface area contributed by atoms with Crippen molar-refractivity contribution in [2.24, 2.45) is 0 Å². The lowest BCUT2D eigenvalue weighted by atomic mass is 10.1. The number of nitrogens with zero attached hydrogens (tertiary/aromatic N) is 2. The molecule has 8 heteroatoms. The van der Waals surface area contributed by atoms with Crippen molar-refractivity contribution in [2.45, 2.75) is 0 Å². The van der Waals surface area contributed by atoms with Crippen molar-refractivity contribution in [3.05, 3.63) is 94.3 Å². The molecule has 140 valence electrons. The average molecular weight is 374 g/mol. The zero-order chi connectivity index (χ0) is 19.9. The van der Waals surface area contributed by atoms with Gasteiger partial charge in [-0.25, -0.2) is 0 Å². The van der Waals surface area contributed by atoms with E-state index in [9.17, 15) is 9.59 Å². The topological polar surface area (TPSA) is 144 Å². The fraction of sp³-hybridized carbons (Fsp3) is 0. The van der Waals surface area contributed by atoms with Crippen LogP contribution < -0.4 is 22.6 Å². The first-order valence-electron chi connectivity index (χ1n) is 8.32. The molecule has 0 aliphatic rings. The van der Waals surface area contributed by atoms with Gasteiger partial charge in [0.1, 0.15) is 0 Å². The highest BCUT2D eigenvalue weighted by atomic mass is 16.1. The number of nitrogens with one attached hydrogen (secondary N) is 2. The Balaban J connectivity index is 0.000000161. The van der Waals surface area contributed by atoms with Crippen LogP contribution in [-0.2, 0) is 0 Å². The van der Waals surface area contributed by atoms with E-state index in [0.717, 1.165) is 22.3 Å². The van der Waals surface area contributed by atoms with E-state index in [1.165, 1.54) is 0 Å². The number of rotatable bonds is 2. The molecule has 0 atom stereocenters. The Labute approximate surface area is 159 Å². The van der Waals surface area contributed by atoms with Gasteiger partial charge in [0.2, 0.25) is 0 Å². The maximum Gasteiger partial charge on any atom is 0.271 e. The van der Waals surface area contributed by atoms with Crippen LogP contribution >= 0.6 is 0 Å². The van der Waals surface area contributed by atoms with Crippen molar-refractivity contribution in [1.82, 2.24) is 19.9 Å². The minimum absolute atomic E-state index is 0.222. The van der Waals surface area contributed by atoms with Gasteiger partial charge >= 0.3 is 0 Å². The first kappa shape index (κ1) is 18.6. The standard InChI is InChI=1S/2C10H9N3O/c2*11-9-5-8(6-13-10(9)14)7-1-3-12-4-2-7/h2*1-6H,11H2,(H,13,14). The normalized spacial score (nSPS) is 10.0. The number of aromatic nitrogens is 4. The Morgan fingerprint density at radius 3 is 1.29 bits per heavy atom. The Kier molecular flexibility index (Phi) is 5.61. The highest BCUT2D eigenvalue weighted by Crippen LogP contribution is 2.17. The SMILES string of the molecule is Nc1cc(-c2ccncc2)c[nH]c1=O.Nc1cc(-c2ccncc2)c[nH]c1=O. The summed E-state index contributed by atoms with van der Waals surface area (Å²) in [6, 6.07) is 10.7. The lowest BCUT2D eigenvalue weighted by Gasteiger charge is -2.00. The summed E-state index contributed by atoms with van der Waals surface area (Å²) in [5.74, 6) is 0. The van der Waals surface area contributed by atoms with Crippen LogP contribution in [0.5, 0.6) is 0 Å². The molecule has 0 saturated carbocycles. The number of anilines is 2. The van der Waals surface area contributed by atoms with E-state index in [4.69, 9.17) is 11.5 Å². The molecule has 0 spiro atoms. The zero-order valence-corrected chi connectivity index (χ0v) is 14.8.